The number of nitrogens with zero attached hydrogens (tertiary/aromatic N) is 2. The summed E-state index contributed by atoms with van der Waals surface area (Å²) in [5, 5.41) is 10.5. The molecule has 9 nitrogen and oxygen atoms in total. The number of nitrogens with one attached hydrogen (secondary N) is 3. The van der Waals surface area contributed by atoms with Gasteiger partial charge in [-0.3, -0.25) is 15.0 Å². The highest BCUT2D eigenvalue weighted by atomic mass is 32.1. The van der Waals surface area contributed by atoms with Crippen molar-refractivity contribution in [3.8, 4) is 5.75 Å². The van der Waals surface area contributed by atoms with Crippen LogP contribution in [0.2, 0.25) is 0 Å². The van der Waals surface area contributed by atoms with Gasteiger partial charge >= 0.3 is 6.03 Å². The number of morpholine rings is 1. The standard InChI is InChI=1S/C19H25N5O4S/c1-27-16-5-3-2-4-15(16)22-18(26)23-19-21-14(13-29-19)12-17(25)20-6-7-24-8-10-28-11-9-24/h2-5,13H,6-12H2,1H3,(H,20,25)(H2,21,22,23,26). The number of benzene rings is 1. The quantitative estimate of drug-likeness (QED) is 0.603. The Morgan fingerprint density at radius 3 is 2.83 bits per heavy atom. The molecule has 3 amide bonds. The molecule has 0 spiro atoms. The number of methoxy groups -OCH3 is 1. The van der Waals surface area contributed by atoms with Crippen molar-refractivity contribution in [2.45, 2.75) is 6.42 Å². The van der Waals surface area contributed by atoms with Crippen LogP contribution >= 0.6 is 11.3 Å². The summed E-state index contributed by atoms with van der Waals surface area (Å²) in [7, 11) is 1.54. The van der Waals surface area contributed by atoms with Gasteiger partial charge in [-0.2, -0.15) is 0 Å². The Labute approximate surface area is 173 Å². The van der Waals surface area contributed by atoms with Crippen molar-refractivity contribution >= 4 is 34.1 Å². The van der Waals surface area contributed by atoms with Crippen LogP contribution in [0.3, 0.4) is 0 Å². The zero-order chi connectivity index (χ0) is 20.5. The summed E-state index contributed by atoms with van der Waals surface area (Å²) in [6.07, 6.45) is 0.176. The molecule has 3 N–H and O–H groups in total. The highest BCUT2D eigenvalue weighted by Crippen LogP contribution is 2.23. The molecular formula is C19H25N5O4S. The first-order valence-corrected chi connectivity index (χ1v) is 10.2. The second kappa shape index (κ2) is 10.7. The van der Waals surface area contributed by atoms with E-state index in [1.807, 2.05) is 6.07 Å². The normalized spacial score (nSPS) is 14.2. The molecule has 2 heterocycles. The van der Waals surface area contributed by atoms with Crippen molar-refractivity contribution in [3.63, 3.8) is 0 Å². The lowest BCUT2D eigenvalue weighted by Gasteiger charge is -2.26. The molecule has 1 aromatic carbocycles. The summed E-state index contributed by atoms with van der Waals surface area (Å²) in [4.78, 5) is 30.8. The number of para-hydroxylation sites is 2. The van der Waals surface area contributed by atoms with E-state index in [-0.39, 0.29) is 12.3 Å². The van der Waals surface area contributed by atoms with Crippen LogP contribution in [-0.4, -0.2) is 68.3 Å². The number of ether oxygens (including phenoxy) is 2. The van der Waals surface area contributed by atoms with E-state index < -0.39 is 6.03 Å². The SMILES string of the molecule is COc1ccccc1NC(=O)Nc1nc(CC(=O)NCCN2CCOCC2)cs1. The van der Waals surface area contributed by atoms with Gasteiger partial charge in [0.15, 0.2) is 5.13 Å². The monoisotopic (exact) mass is 419 g/mol. The molecule has 3 rings (SSSR count). The average molecular weight is 420 g/mol. The van der Waals surface area contributed by atoms with E-state index in [9.17, 15) is 9.59 Å². The Balaban J connectivity index is 1.41. The van der Waals surface area contributed by atoms with Gasteiger partial charge in [-0.25, -0.2) is 9.78 Å². The molecule has 0 unspecified atom stereocenters. The maximum Gasteiger partial charge on any atom is 0.325 e. The minimum atomic E-state index is -0.426. The zero-order valence-corrected chi connectivity index (χ0v) is 17.1. The number of carbonyl (C=O) groups excluding carboxylic acids is 2. The molecule has 10 heteroatoms. The molecule has 0 saturated carbocycles. The Kier molecular flexibility index (Phi) is 7.79. The summed E-state index contributed by atoms with van der Waals surface area (Å²) in [5.41, 5.74) is 1.18. The van der Waals surface area contributed by atoms with Crippen molar-refractivity contribution < 1.29 is 19.1 Å². The van der Waals surface area contributed by atoms with Gasteiger partial charge in [-0.05, 0) is 12.1 Å². The summed E-state index contributed by atoms with van der Waals surface area (Å²) < 4.78 is 10.5. The van der Waals surface area contributed by atoms with Gasteiger partial charge in [0.1, 0.15) is 5.75 Å². The van der Waals surface area contributed by atoms with E-state index in [1.165, 1.54) is 18.4 Å². The number of urea groups is 1. The van der Waals surface area contributed by atoms with E-state index in [4.69, 9.17) is 9.47 Å². The summed E-state index contributed by atoms with van der Waals surface area (Å²) >= 11 is 1.27. The van der Waals surface area contributed by atoms with Gasteiger partial charge in [0.05, 0.1) is 38.1 Å². The molecule has 156 valence electrons. The molecule has 1 saturated heterocycles. The van der Waals surface area contributed by atoms with Crippen LogP contribution in [0.25, 0.3) is 0 Å². The number of thiazole rings is 1. The van der Waals surface area contributed by atoms with E-state index >= 15 is 0 Å². The van der Waals surface area contributed by atoms with Gasteiger partial charge in [0.2, 0.25) is 5.91 Å². The Bertz CT molecular complexity index is 822. The molecule has 0 atom stereocenters. The number of hydrogen-bond acceptors (Lipinski definition) is 7. The van der Waals surface area contributed by atoms with Crippen molar-refractivity contribution in [1.82, 2.24) is 15.2 Å². The fraction of sp³-hybridized carbons (Fsp3) is 0.421. The number of aromatic nitrogens is 1. The topological polar surface area (TPSA) is 105 Å². The Morgan fingerprint density at radius 2 is 2.03 bits per heavy atom. The van der Waals surface area contributed by atoms with Gasteiger partial charge in [0, 0.05) is 31.6 Å². The predicted octanol–water partition coefficient (Wildman–Crippen LogP) is 1.79. The zero-order valence-electron chi connectivity index (χ0n) is 16.3. The number of carbonyl (C=O) groups is 2. The van der Waals surface area contributed by atoms with Crippen molar-refractivity contribution in [2.24, 2.45) is 0 Å². The van der Waals surface area contributed by atoms with Crippen molar-refractivity contribution in [2.75, 3.05) is 57.1 Å². The second-order valence-electron chi connectivity index (χ2n) is 6.40. The molecule has 2 aromatic rings. The molecule has 0 radical (unpaired) electrons. The van der Waals surface area contributed by atoms with E-state index in [2.05, 4.69) is 25.8 Å². The molecule has 1 fully saturated rings. The van der Waals surface area contributed by atoms with Gasteiger partial charge in [-0.1, -0.05) is 12.1 Å². The second-order valence-corrected chi connectivity index (χ2v) is 7.26. The lowest BCUT2D eigenvalue weighted by atomic mass is 10.3. The number of amides is 3. The highest BCUT2D eigenvalue weighted by Gasteiger charge is 2.13. The lowest BCUT2D eigenvalue weighted by Crippen LogP contribution is -2.41. The van der Waals surface area contributed by atoms with E-state index in [0.717, 1.165) is 32.8 Å². The van der Waals surface area contributed by atoms with Crippen molar-refractivity contribution in [1.29, 1.82) is 0 Å². The number of anilines is 2. The molecular weight excluding hydrogens is 394 g/mol. The smallest absolute Gasteiger partial charge is 0.325 e. The fourth-order valence-corrected chi connectivity index (χ4v) is 3.55. The molecule has 1 aliphatic heterocycles. The first-order valence-electron chi connectivity index (χ1n) is 9.36. The third-order valence-corrected chi connectivity index (χ3v) is 5.13. The van der Waals surface area contributed by atoms with Crippen LogP contribution < -0.4 is 20.7 Å². The largest absolute Gasteiger partial charge is 0.495 e. The first-order chi connectivity index (χ1) is 14.1. The van der Waals surface area contributed by atoms with Gasteiger partial charge in [-0.15, -0.1) is 11.3 Å². The maximum atomic E-state index is 12.2. The first kappa shape index (κ1) is 21.0. The minimum absolute atomic E-state index is 0.0893. The third-order valence-electron chi connectivity index (χ3n) is 4.32. The maximum absolute atomic E-state index is 12.2. The van der Waals surface area contributed by atoms with Crippen molar-refractivity contribution in [3.05, 3.63) is 35.3 Å². The van der Waals surface area contributed by atoms with Crippen LogP contribution in [0, 0.1) is 0 Å². The Hall–Kier alpha value is -2.69. The number of rotatable bonds is 8. The Morgan fingerprint density at radius 1 is 1.24 bits per heavy atom. The summed E-state index contributed by atoms with van der Waals surface area (Å²) in [6.45, 7) is 4.68. The van der Waals surface area contributed by atoms with Gasteiger partial charge < -0.3 is 20.1 Å². The van der Waals surface area contributed by atoms with E-state index in [1.54, 1.807) is 23.6 Å². The molecule has 1 aromatic heterocycles. The van der Waals surface area contributed by atoms with Crippen LogP contribution in [0.1, 0.15) is 5.69 Å². The van der Waals surface area contributed by atoms with Crippen LogP contribution in [0.15, 0.2) is 29.6 Å². The third kappa shape index (κ3) is 6.70. The fourth-order valence-electron chi connectivity index (χ4n) is 2.85. The van der Waals surface area contributed by atoms with Gasteiger partial charge in [0.25, 0.3) is 0 Å². The molecule has 29 heavy (non-hydrogen) atoms. The average Bonchev–Trinajstić information content (AvgIpc) is 3.15. The van der Waals surface area contributed by atoms with Crippen LogP contribution in [0.4, 0.5) is 15.6 Å². The lowest BCUT2D eigenvalue weighted by molar-refractivity contribution is -0.120. The van der Waals surface area contributed by atoms with Crippen LogP contribution in [-0.2, 0) is 16.0 Å². The molecule has 1 aliphatic rings. The highest BCUT2D eigenvalue weighted by molar-refractivity contribution is 7.14. The number of hydrogen-bond donors (Lipinski definition) is 3. The molecule has 0 bridgehead atoms. The predicted molar refractivity (Wildman–Crippen MR) is 112 cm³/mol. The van der Waals surface area contributed by atoms with Crippen LogP contribution in [0.5, 0.6) is 5.75 Å². The molecule has 0 aliphatic carbocycles. The minimum Gasteiger partial charge on any atom is -0.495 e. The van der Waals surface area contributed by atoms with E-state index in [0.29, 0.717) is 28.8 Å². The summed E-state index contributed by atoms with van der Waals surface area (Å²) in [5.74, 6) is 0.477. The summed E-state index contributed by atoms with van der Waals surface area (Å²) in [6, 6.07) is 6.70.